The van der Waals surface area contributed by atoms with E-state index in [1.807, 2.05) is 18.2 Å². The lowest BCUT2D eigenvalue weighted by atomic mass is 10.2. The zero-order chi connectivity index (χ0) is 13.1. The minimum atomic E-state index is -0.0353. The third kappa shape index (κ3) is 2.50. The van der Waals surface area contributed by atoms with Crippen LogP contribution in [0.15, 0.2) is 24.4 Å². The van der Waals surface area contributed by atoms with Gasteiger partial charge in [0, 0.05) is 32.8 Å². The second-order valence-electron chi connectivity index (χ2n) is 4.56. The average Bonchev–Trinajstić information content (AvgIpc) is 2.65. The number of ketones is 1. The Balaban J connectivity index is 2.07. The number of amides is 2. The summed E-state index contributed by atoms with van der Waals surface area (Å²) in [7, 11) is 1.77. The average molecular weight is 247 g/mol. The van der Waals surface area contributed by atoms with E-state index in [9.17, 15) is 9.59 Å². The molecule has 0 N–H and O–H groups in total. The molecule has 0 spiro atoms. The van der Waals surface area contributed by atoms with Crippen molar-refractivity contribution in [2.45, 2.75) is 19.4 Å². The Bertz CT molecular complexity index is 447. The van der Waals surface area contributed by atoms with E-state index in [4.69, 9.17) is 0 Å². The summed E-state index contributed by atoms with van der Waals surface area (Å²) in [6.07, 6.45) is 2.14. The maximum absolute atomic E-state index is 12.0. The third-order valence-electron chi connectivity index (χ3n) is 3.20. The Morgan fingerprint density at radius 2 is 2.28 bits per heavy atom. The molecule has 1 aromatic heterocycles. The van der Waals surface area contributed by atoms with Crippen molar-refractivity contribution >= 4 is 11.8 Å². The van der Waals surface area contributed by atoms with Crippen LogP contribution in [0.2, 0.25) is 0 Å². The van der Waals surface area contributed by atoms with Gasteiger partial charge in [0.2, 0.25) is 0 Å². The van der Waals surface area contributed by atoms with E-state index in [1.165, 1.54) is 0 Å². The fourth-order valence-corrected chi connectivity index (χ4v) is 2.11. The third-order valence-corrected chi connectivity index (χ3v) is 3.20. The Morgan fingerprint density at radius 1 is 1.50 bits per heavy atom. The van der Waals surface area contributed by atoms with Crippen molar-refractivity contribution in [3.63, 3.8) is 0 Å². The molecule has 0 aromatic carbocycles. The number of rotatable bonds is 4. The van der Waals surface area contributed by atoms with Crippen molar-refractivity contribution in [2.75, 3.05) is 20.1 Å². The van der Waals surface area contributed by atoms with Crippen molar-refractivity contribution < 1.29 is 9.59 Å². The quantitative estimate of drug-likeness (QED) is 0.809. The van der Waals surface area contributed by atoms with Gasteiger partial charge in [-0.1, -0.05) is 6.07 Å². The lowest BCUT2D eigenvalue weighted by Gasteiger charge is -2.16. The highest BCUT2D eigenvalue weighted by atomic mass is 16.2. The molecule has 1 aliphatic heterocycles. The number of hydrogen-bond acceptors (Lipinski definition) is 3. The molecule has 0 saturated carbocycles. The molecule has 0 bridgehead atoms. The summed E-state index contributed by atoms with van der Waals surface area (Å²) in [5.41, 5.74) is 0.888. The van der Waals surface area contributed by atoms with Gasteiger partial charge in [-0.15, -0.1) is 0 Å². The van der Waals surface area contributed by atoms with Gasteiger partial charge in [0.15, 0.2) is 0 Å². The van der Waals surface area contributed by atoms with Gasteiger partial charge in [0.1, 0.15) is 5.78 Å². The smallest absolute Gasteiger partial charge is 0.320 e. The molecule has 2 rings (SSSR count). The minimum absolute atomic E-state index is 0.0225. The number of carbonyl (C=O) groups is 2. The normalized spacial score (nSPS) is 19.4. The summed E-state index contributed by atoms with van der Waals surface area (Å²) < 4.78 is 0. The molecular weight excluding hydrogens is 230 g/mol. The summed E-state index contributed by atoms with van der Waals surface area (Å²) in [6.45, 7) is 2.63. The van der Waals surface area contributed by atoms with Crippen LogP contribution in [0, 0.1) is 0 Å². The van der Waals surface area contributed by atoms with Crippen LogP contribution in [0.1, 0.15) is 25.1 Å². The van der Waals surface area contributed by atoms with Gasteiger partial charge in [-0.25, -0.2) is 4.79 Å². The van der Waals surface area contributed by atoms with Gasteiger partial charge in [-0.05, 0) is 19.1 Å². The number of carbonyl (C=O) groups excluding carboxylic acids is 2. The largest absolute Gasteiger partial charge is 0.322 e. The van der Waals surface area contributed by atoms with Gasteiger partial charge >= 0.3 is 6.03 Å². The van der Waals surface area contributed by atoms with Crippen molar-refractivity contribution in [1.82, 2.24) is 14.8 Å². The van der Waals surface area contributed by atoms with Crippen molar-refractivity contribution in [3.05, 3.63) is 30.1 Å². The minimum Gasteiger partial charge on any atom is -0.322 e. The number of aromatic nitrogens is 1. The van der Waals surface area contributed by atoms with Gasteiger partial charge in [-0.2, -0.15) is 0 Å². The van der Waals surface area contributed by atoms with Crippen LogP contribution in [0.5, 0.6) is 0 Å². The predicted molar refractivity (Wildman–Crippen MR) is 67.0 cm³/mol. The van der Waals surface area contributed by atoms with Crippen molar-refractivity contribution in [2.24, 2.45) is 0 Å². The first-order chi connectivity index (χ1) is 8.59. The highest BCUT2D eigenvalue weighted by molar-refractivity contribution is 5.79. The number of nitrogens with zero attached hydrogens (tertiary/aromatic N) is 3. The van der Waals surface area contributed by atoms with Crippen LogP contribution in [-0.4, -0.2) is 46.7 Å². The molecule has 0 aliphatic carbocycles. The fraction of sp³-hybridized carbons (Fsp3) is 0.462. The first-order valence-corrected chi connectivity index (χ1v) is 6.01. The van der Waals surface area contributed by atoms with Crippen LogP contribution in [-0.2, 0) is 4.79 Å². The van der Waals surface area contributed by atoms with Gasteiger partial charge < -0.3 is 9.80 Å². The van der Waals surface area contributed by atoms with E-state index >= 15 is 0 Å². The predicted octanol–water partition coefficient (Wildman–Crippen LogP) is 1.47. The summed E-state index contributed by atoms with van der Waals surface area (Å²) in [5, 5.41) is 0. The van der Waals surface area contributed by atoms with E-state index in [0.717, 1.165) is 5.69 Å². The molecular formula is C13H17N3O2. The molecule has 1 aromatic rings. The maximum Gasteiger partial charge on any atom is 0.320 e. The van der Waals surface area contributed by atoms with Gasteiger partial charge in [-0.3, -0.25) is 9.78 Å². The molecule has 0 radical (unpaired) electrons. The van der Waals surface area contributed by atoms with E-state index < -0.39 is 0 Å². The lowest BCUT2D eigenvalue weighted by Crippen LogP contribution is -2.31. The topological polar surface area (TPSA) is 53.5 Å². The Morgan fingerprint density at radius 3 is 2.89 bits per heavy atom. The van der Waals surface area contributed by atoms with Crippen molar-refractivity contribution in [3.8, 4) is 0 Å². The van der Waals surface area contributed by atoms with Crippen LogP contribution in [0.3, 0.4) is 0 Å². The Hall–Kier alpha value is -1.91. The fourth-order valence-electron chi connectivity index (χ4n) is 2.11. The van der Waals surface area contributed by atoms with Gasteiger partial charge in [0.25, 0.3) is 0 Å². The summed E-state index contributed by atoms with van der Waals surface area (Å²) in [6, 6.07) is 5.63. The Kier molecular flexibility index (Phi) is 3.60. The van der Waals surface area contributed by atoms with E-state index in [-0.39, 0.29) is 17.9 Å². The molecule has 1 atom stereocenters. The second kappa shape index (κ2) is 5.16. The van der Waals surface area contributed by atoms with Crippen molar-refractivity contribution in [1.29, 1.82) is 0 Å². The summed E-state index contributed by atoms with van der Waals surface area (Å²) in [5.74, 6) is 0.103. The highest BCUT2D eigenvalue weighted by Gasteiger charge is 2.35. The zero-order valence-electron chi connectivity index (χ0n) is 10.7. The molecule has 1 saturated heterocycles. The molecule has 5 nitrogen and oxygen atoms in total. The van der Waals surface area contributed by atoms with E-state index in [0.29, 0.717) is 19.5 Å². The SMILES string of the molecule is CC(=O)CCN1CC(c2ccccn2)N(C)C1=O. The van der Waals surface area contributed by atoms with Crippen LogP contribution in [0.4, 0.5) is 4.79 Å². The first kappa shape index (κ1) is 12.5. The zero-order valence-corrected chi connectivity index (χ0v) is 10.7. The number of pyridine rings is 1. The molecule has 18 heavy (non-hydrogen) atoms. The lowest BCUT2D eigenvalue weighted by molar-refractivity contribution is -0.117. The first-order valence-electron chi connectivity index (χ1n) is 6.01. The van der Waals surface area contributed by atoms with Crippen LogP contribution < -0.4 is 0 Å². The molecule has 1 unspecified atom stereocenters. The Labute approximate surface area is 106 Å². The van der Waals surface area contributed by atoms with Crippen LogP contribution >= 0.6 is 0 Å². The number of hydrogen-bond donors (Lipinski definition) is 0. The standard InChI is InChI=1S/C13H17N3O2/c1-10(17)6-8-16-9-12(15(2)13(16)18)11-5-3-4-7-14-11/h3-5,7,12H,6,8-9H2,1-2H3. The van der Waals surface area contributed by atoms with E-state index in [1.54, 1.807) is 30.0 Å². The monoisotopic (exact) mass is 247 g/mol. The molecule has 1 fully saturated rings. The second-order valence-corrected chi connectivity index (χ2v) is 4.56. The van der Waals surface area contributed by atoms with E-state index in [2.05, 4.69) is 4.98 Å². The highest BCUT2D eigenvalue weighted by Crippen LogP contribution is 2.26. The number of urea groups is 1. The molecule has 5 heteroatoms. The molecule has 2 amide bonds. The summed E-state index contributed by atoms with van der Waals surface area (Å²) >= 11 is 0. The maximum atomic E-state index is 12.0. The van der Waals surface area contributed by atoms with Gasteiger partial charge in [0.05, 0.1) is 11.7 Å². The molecule has 1 aliphatic rings. The summed E-state index contributed by atoms with van der Waals surface area (Å²) in [4.78, 5) is 30.7. The van der Waals surface area contributed by atoms with Crippen LogP contribution in [0.25, 0.3) is 0 Å². The molecule has 2 heterocycles. The number of likely N-dealkylation sites (N-methyl/N-ethyl adjacent to an activating group) is 1. The number of Topliss-reactive ketones (excluding diaryl/α,β-unsaturated/α-hetero) is 1. The molecule has 96 valence electrons.